The molecule has 0 fully saturated rings. The van der Waals surface area contributed by atoms with Crippen LogP contribution in [0.25, 0.3) is 5.65 Å². The molecule has 0 atom stereocenters. The van der Waals surface area contributed by atoms with Crippen LogP contribution < -0.4 is 0 Å². The Balaban J connectivity index is 0.000000845. The zero-order valence-electron chi connectivity index (χ0n) is 6.54. The topological polar surface area (TPSA) is 54.6 Å². The van der Waals surface area contributed by atoms with Crippen molar-refractivity contribution in [1.82, 2.24) is 9.38 Å². The molecule has 0 radical (unpaired) electrons. The van der Waals surface area contributed by atoms with Crippen molar-refractivity contribution in [1.29, 1.82) is 0 Å². The molecule has 0 aliphatic heterocycles. The number of imidazole rings is 1. The average molecular weight is 243 g/mol. The van der Waals surface area contributed by atoms with Crippen molar-refractivity contribution < 1.29 is 9.90 Å². The van der Waals surface area contributed by atoms with Gasteiger partial charge in [0.05, 0.1) is 5.56 Å². The van der Waals surface area contributed by atoms with E-state index in [1.165, 1.54) is 12.3 Å². The van der Waals surface area contributed by atoms with Crippen molar-refractivity contribution in [3.8, 4) is 0 Å². The predicted octanol–water partition coefficient (Wildman–Crippen LogP) is 1.61. The van der Waals surface area contributed by atoms with Gasteiger partial charge in [0.1, 0.15) is 5.65 Å². The van der Waals surface area contributed by atoms with E-state index in [9.17, 15) is 4.79 Å². The second-order valence-corrected chi connectivity index (χ2v) is 2.42. The molecule has 1 N–H and O–H groups in total. The minimum atomic E-state index is -0.925. The number of fused-ring (bicyclic) bond motifs is 1. The highest BCUT2D eigenvalue weighted by Gasteiger charge is 2.02. The number of aromatic nitrogens is 2. The molecule has 0 aliphatic rings. The quantitative estimate of drug-likeness (QED) is 0.827. The Morgan fingerprint density at radius 2 is 2.23 bits per heavy atom. The van der Waals surface area contributed by atoms with E-state index in [1.54, 1.807) is 22.9 Å². The third-order valence-electron chi connectivity index (χ3n) is 1.64. The zero-order valence-corrected chi connectivity index (χ0v) is 8.26. The monoisotopic (exact) mass is 242 g/mol. The summed E-state index contributed by atoms with van der Waals surface area (Å²) in [5.74, 6) is -0.925. The minimum Gasteiger partial charge on any atom is -0.478 e. The van der Waals surface area contributed by atoms with Crippen LogP contribution in [0.15, 0.2) is 30.7 Å². The van der Waals surface area contributed by atoms with E-state index in [1.807, 2.05) is 0 Å². The van der Waals surface area contributed by atoms with Gasteiger partial charge in [-0.1, -0.05) is 0 Å². The van der Waals surface area contributed by atoms with E-state index in [4.69, 9.17) is 5.11 Å². The molecule has 0 spiro atoms. The van der Waals surface area contributed by atoms with Gasteiger partial charge in [-0.3, -0.25) is 0 Å². The normalized spacial score (nSPS) is 9.54. The number of nitrogens with zero attached hydrogens (tertiary/aromatic N) is 2. The van der Waals surface area contributed by atoms with Crippen molar-refractivity contribution in [3.63, 3.8) is 0 Å². The minimum absolute atomic E-state index is 0. The molecule has 68 valence electrons. The first-order valence-corrected chi connectivity index (χ1v) is 3.43. The number of hydrogen-bond donors (Lipinski definition) is 1. The van der Waals surface area contributed by atoms with Gasteiger partial charge in [0, 0.05) is 18.6 Å². The Hall–Kier alpha value is -1.36. The smallest absolute Gasteiger partial charge is 0.337 e. The van der Waals surface area contributed by atoms with Gasteiger partial charge < -0.3 is 9.51 Å². The van der Waals surface area contributed by atoms with Crippen molar-refractivity contribution in [2.75, 3.05) is 0 Å². The van der Waals surface area contributed by atoms with Gasteiger partial charge in [0.25, 0.3) is 0 Å². The summed E-state index contributed by atoms with van der Waals surface area (Å²) in [4.78, 5) is 14.5. The number of aromatic carboxylic acids is 1. The predicted molar refractivity (Wildman–Crippen MR) is 52.5 cm³/mol. The Bertz CT molecular complexity index is 438. The Kier molecular flexibility index (Phi) is 2.67. The number of rotatable bonds is 1. The van der Waals surface area contributed by atoms with Gasteiger partial charge in [0.2, 0.25) is 0 Å². The molecule has 2 aromatic rings. The lowest BCUT2D eigenvalue weighted by Crippen LogP contribution is -1.97. The molecule has 0 saturated heterocycles. The molecule has 2 heterocycles. The van der Waals surface area contributed by atoms with E-state index in [2.05, 4.69) is 4.98 Å². The highest BCUT2D eigenvalue weighted by atomic mass is 79.9. The van der Waals surface area contributed by atoms with Crippen LogP contribution in [0.4, 0.5) is 0 Å². The fourth-order valence-electron chi connectivity index (χ4n) is 1.05. The van der Waals surface area contributed by atoms with Crippen molar-refractivity contribution in [2.24, 2.45) is 0 Å². The summed E-state index contributed by atoms with van der Waals surface area (Å²) < 4.78 is 1.67. The third-order valence-corrected chi connectivity index (χ3v) is 1.64. The largest absolute Gasteiger partial charge is 0.478 e. The number of halogens is 1. The number of carboxylic acid groups (broad SMARTS) is 1. The molecule has 0 unspecified atom stereocenters. The second-order valence-electron chi connectivity index (χ2n) is 2.42. The Labute approximate surface area is 84.6 Å². The molecular weight excluding hydrogens is 236 g/mol. The molecular formula is C8H7BrN2O2. The molecule has 0 saturated carbocycles. The first-order chi connectivity index (χ1) is 5.77. The Morgan fingerprint density at radius 3 is 2.92 bits per heavy atom. The van der Waals surface area contributed by atoms with Crippen LogP contribution in [-0.2, 0) is 0 Å². The highest BCUT2D eigenvalue weighted by molar-refractivity contribution is 8.93. The lowest BCUT2D eigenvalue weighted by atomic mass is 10.3. The summed E-state index contributed by atoms with van der Waals surface area (Å²) in [6.45, 7) is 0. The van der Waals surface area contributed by atoms with E-state index < -0.39 is 5.97 Å². The lowest BCUT2D eigenvalue weighted by molar-refractivity contribution is 0.0696. The van der Waals surface area contributed by atoms with Gasteiger partial charge in [0.15, 0.2) is 0 Å². The summed E-state index contributed by atoms with van der Waals surface area (Å²) in [5.41, 5.74) is 1.01. The molecule has 0 aromatic carbocycles. The summed E-state index contributed by atoms with van der Waals surface area (Å²) in [6, 6.07) is 3.20. The summed E-state index contributed by atoms with van der Waals surface area (Å²) in [7, 11) is 0. The Morgan fingerprint density at radius 1 is 1.46 bits per heavy atom. The molecule has 5 heteroatoms. The summed E-state index contributed by atoms with van der Waals surface area (Å²) >= 11 is 0. The maximum absolute atomic E-state index is 10.5. The molecule has 0 aliphatic carbocycles. The SMILES string of the molecule is Br.O=C(O)c1ccc2nccn2c1. The van der Waals surface area contributed by atoms with Crippen LogP contribution in [0.3, 0.4) is 0 Å². The van der Waals surface area contributed by atoms with Crippen LogP contribution in [-0.4, -0.2) is 20.5 Å². The van der Waals surface area contributed by atoms with Crippen LogP contribution in [0, 0.1) is 0 Å². The standard InChI is InChI=1S/C8H6N2O2.BrH/c11-8(12)6-1-2-7-9-3-4-10(7)5-6;/h1-5H,(H,11,12);1H. The number of carboxylic acids is 1. The lowest BCUT2D eigenvalue weighted by Gasteiger charge is -1.95. The van der Waals surface area contributed by atoms with E-state index in [-0.39, 0.29) is 22.5 Å². The molecule has 2 rings (SSSR count). The number of hydrogen-bond acceptors (Lipinski definition) is 2. The molecule has 0 amide bonds. The number of carbonyl (C=O) groups is 1. The average Bonchev–Trinajstić information content (AvgIpc) is 2.49. The van der Waals surface area contributed by atoms with E-state index in [0.717, 1.165) is 5.65 Å². The highest BCUT2D eigenvalue weighted by Crippen LogP contribution is 2.03. The zero-order chi connectivity index (χ0) is 8.55. The fourth-order valence-corrected chi connectivity index (χ4v) is 1.05. The second kappa shape index (κ2) is 3.57. The van der Waals surface area contributed by atoms with Crippen LogP contribution in [0.1, 0.15) is 10.4 Å². The third kappa shape index (κ3) is 1.70. The first kappa shape index (κ1) is 9.73. The van der Waals surface area contributed by atoms with E-state index >= 15 is 0 Å². The number of pyridine rings is 1. The first-order valence-electron chi connectivity index (χ1n) is 3.43. The van der Waals surface area contributed by atoms with Crippen LogP contribution in [0.2, 0.25) is 0 Å². The maximum Gasteiger partial charge on any atom is 0.337 e. The summed E-state index contributed by atoms with van der Waals surface area (Å²) in [5, 5.41) is 8.65. The molecule has 2 aromatic heterocycles. The fraction of sp³-hybridized carbons (Fsp3) is 0. The van der Waals surface area contributed by atoms with Crippen molar-refractivity contribution in [3.05, 3.63) is 36.3 Å². The van der Waals surface area contributed by atoms with Gasteiger partial charge >= 0.3 is 5.97 Å². The van der Waals surface area contributed by atoms with Crippen molar-refractivity contribution >= 4 is 28.6 Å². The molecule has 4 nitrogen and oxygen atoms in total. The molecule has 0 bridgehead atoms. The van der Waals surface area contributed by atoms with Crippen LogP contribution in [0.5, 0.6) is 0 Å². The van der Waals surface area contributed by atoms with Crippen molar-refractivity contribution in [2.45, 2.75) is 0 Å². The van der Waals surface area contributed by atoms with Gasteiger partial charge in [-0.25, -0.2) is 9.78 Å². The molecule has 13 heavy (non-hydrogen) atoms. The van der Waals surface area contributed by atoms with Gasteiger partial charge in [-0.15, -0.1) is 17.0 Å². The summed E-state index contributed by atoms with van der Waals surface area (Å²) in [6.07, 6.45) is 4.87. The van der Waals surface area contributed by atoms with Crippen LogP contribution >= 0.6 is 17.0 Å². The van der Waals surface area contributed by atoms with Gasteiger partial charge in [-0.2, -0.15) is 0 Å². The van der Waals surface area contributed by atoms with Gasteiger partial charge in [-0.05, 0) is 12.1 Å². The van der Waals surface area contributed by atoms with E-state index in [0.29, 0.717) is 0 Å². The maximum atomic E-state index is 10.5.